The number of rotatable bonds is 9. The van der Waals surface area contributed by atoms with E-state index < -0.39 is 12.0 Å². The first-order valence-corrected chi connectivity index (χ1v) is 11.2. The van der Waals surface area contributed by atoms with Crippen LogP contribution >= 0.6 is 0 Å². The molecule has 1 aliphatic rings. The van der Waals surface area contributed by atoms with Crippen molar-refractivity contribution >= 4 is 23.5 Å². The largest absolute Gasteiger partial charge is 0.467 e. The molecule has 0 saturated carbocycles. The number of hydrogen-bond acceptors (Lipinski definition) is 4. The number of anilines is 1. The van der Waals surface area contributed by atoms with Crippen LogP contribution in [0.5, 0.6) is 0 Å². The number of carbonyl (C=O) groups is 3. The Hall–Kier alpha value is -2.45. The highest BCUT2D eigenvalue weighted by molar-refractivity contribution is 5.93. The van der Waals surface area contributed by atoms with Gasteiger partial charge in [0.1, 0.15) is 32.2 Å². The first-order valence-electron chi connectivity index (χ1n) is 11.2. The molecule has 8 heteroatoms. The number of amides is 2. The standard InChI is InChI=1S/C23H36N4O4/c1-6-16(2)22(23(30)31-5)25-20(29)15-27-12-10-26(11-13-27)14-19(28)24-21-17(3)8-7-9-18(21)4/h7-9,16,22H,6,10-15H2,1-5H3,(H,24,28)(H,25,29)/p+2/t16-,22-/m0/s1. The van der Waals surface area contributed by atoms with Crippen molar-refractivity contribution in [1.82, 2.24) is 5.32 Å². The highest BCUT2D eigenvalue weighted by Gasteiger charge is 2.30. The van der Waals surface area contributed by atoms with E-state index in [-0.39, 0.29) is 17.7 Å². The SMILES string of the molecule is CC[C@H](C)[C@H](NC(=O)C[NH+]1CC[NH+](CC(=O)Nc2c(C)cccc2C)CC1)C(=O)OC. The molecular formula is C23H38N4O4+2. The second-order valence-electron chi connectivity index (χ2n) is 8.62. The van der Waals surface area contributed by atoms with Crippen LogP contribution in [0.15, 0.2) is 18.2 Å². The van der Waals surface area contributed by atoms with Crippen LogP contribution in [-0.4, -0.2) is 70.2 Å². The Kier molecular flexibility index (Phi) is 9.45. The summed E-state index contributed by atoms with van der Waals surface area (Å²) in [6.45, 7) is 11.9. The number of esters is 1. The van der Waals surface area contributed by atoms with E-state index in [1.165, 1.54) is 16.9 Å². The Labute approximate surface area is 185 Å². The summed E-state index contributed by atoms with van der Waals surface area (Å²) in [5.74, 6) is -0.505. The van der Waals surface area contributed by atoms with E-state index in [9.17, 15) is 14.4 Å². The zero-order valence-electron chi connectivity index (χ0n) is 19.5. The van der Waals surface area contributed by atoms with E-state index in [4.69, 9.17) is 4.74 Å². The van der Waals surface area contributed by atoms with Gasteiger partial charge in [-0.05, 0) is 30.9 Å². The number of para-hydroxylation sites is 1. The molecule has 1 aromatic rings. The third-order valence-electron chi connectivity index (χ3n) is 6.22. The number of piperazine rings is 1. The van der Waals surface area contributed by atoms with Gasteiger partial charge in [-0.15, -0.1) is 0 Å². The van der Waals surface area contributed by atoms with E-state index in [0.717, 1.165) is 49.4 Å². The lowest BCUT2D eigenvalue weighted by Crippen LogP contribution is -3.28. The van der Waals surface area contributed by atoms with Gasteiger partial charge in [0.25, 0.3) is 11.8 Å². The lowest BCUT2D eigenvalue weighted by molar-refractivity contribution is -1.00. The molecule has 2 rings (SSSR count). The summed E-state index contributed by atoms with van der Waals surface area (Å²) in [7, 11) is 1.34. The topological polar surface area (TPSA) is 93.4 Å². The van der Waals surface area contributed by atoms with E-state index in [1.807, 2.05) is 45.9 Å². The molecule has 4 N–H and O–H groups in total. The zero-order valence-corrected chi connectivity index (χ0v) is 19.5. The van der Waals surface area contributed by atoms with Crippen LogP contribution in [-0.2, 0) is 19.1 Å². The monoisotopic (exact) mass is 434 g/mol. The van der Waals surface area contributed by atoms with E-state index in [1.54, 1.807) is 0 Å². The summed E-state index contributed by atoms with van der Waals surface area (Å²) in [5.41, 5.74) is 3.02. The Morgan fingerprint density at radius 1 is 1.00 bits per heavy atom. The number of quaternary nitrogens is 2. The maximum atomic E-state index is 12.5. The molecule has 1 aliphatic heterocycles. The smallest absolute Gasteiger partial charge is 0.328 e. The fourth-order valence-electron chi connectivity index (χ4n) is 3.98. The molecule has 2 atom stereocenters. The van der Waals surface area contributed by atoms with Crippen molar-refractivity contribution in [2.24, 2.45) is 5.92 Å². The first kappa shape index (κ1) is 24.8. The van der Waals surface area contributed by atoms with Crippen molar-refractivity contribution in [2.75, 3.05) is 51.7 Å². The van der Waals surface area contributed by atoms with Gasteiger partial charge in [-0.2, -0.15) is 0 Å². The third-order valence-corrected chi connectivity index (χ3v) is 6.22. The summed E-state index contributed by atoms with van der Waals surface area (Å²) in [6, 6.07) is 5.37. The van der Waals surface area contributed by atoms with Crippen molar-refractivity contribution in [3.63, 3.8) is 0 Å². The Bertz CT molecular complexity index is 755. The molecular weight excluding hydrogens is 396 g/mol. The van der Waals surface area contributed by atoms with Crippen LogP contribution in [0.2, 0.25) is 0 Å². The van der Waals surface area contributed by atoms with Gasteiger partial charge in [-0.3, -0.25) is 9.59 Å². The van der Waals surface area contributed by atoms with Crippen LogP contribution in [0, 0.1) is 19.8 Å². The number of nitrogens with one attached hydrogen (secondary N) is 4. The summed E-state index contributed by atoms with van der Waals surface area (Å²) in [5, 5.41) is 5.89. The van der Waals surface area contributed by atoms with Crippen LogP contribution in [0.25, 0.3) is 0 Å². The van der Waals surface area contributed by atoms with Gasteiger partial charge in [0.05, 0.1) is 7.11 Å². The van der Waals surface area contributed by atoms with Gasteiger partial charge in [0.2, 0.25) is 0 Å². The number of methoxy groups -OCH3 is 1. The van der Waals surface area contributed by atoms with E-state index >= 15 is 0 Å². The van der Waals surface area contributed by atoms with Gasteiger partial charge >= 0.3 is 5.97 Å². The Morgan fingerprint density at radius 3 is 2.00 bits per heavy atom. The summed E-state index contributed by atoms with van der Waals surface area (Å²) in [6.07, 6.45) is 0.777. The van der Waals surface area contributed by atoms with Crippen LogP contribution in [0.3, 0.4) is 0 Å². The number of benzene rings is 1. The minimum atomic E-state index is -0.609. The minimum Gasteiger partial charge on any atom is -0.467 e. The second-order valence-corrected chi connectivity index (χ2v) is 8.62. The van der Waals surface area contributed by atoms with Gasteiger partial charge < -0.3 is 25.2 Å². The quantitative estimate of drug-likeness (QED) is 0.365. The van der Waals surface area contributed by atoms with E-state index in [0.29, 0.717) is 13.1 Å². The van der Waals surface area contributed by atoms with Crippen molar-refractivity contribution in [2.45, 2.75) is 40.2 Å². The summed E-state index contributed by atoms with van der Waals surface area (Å²) >= 11 is 0. The fourth-order valence-corrected chi connectivity index (χ4v) is 3.98. The van der Waals surface area contributed by atoms with Gasteiger partial charge in [-0.25, -0.2) is 4.79 Å². The zero-order chi connectivity index (χ0) is 23.0. The van der Waals surface area contributed by atoms with Crippen molar-refractivity contribution in [3.8, 4) is 0 Å². The number of carbonyl (C=O) groups excluding carboxylic acids is 3. The molecule has 1 saturated heterocycles. The van der Waals surface area contributed by atoms with E-state index in [2.05, 4.69) is 10.6 Å². The normalized spacial score (nSPS) is 20.4. The molecule has 0 spiro atoms. The molecule has 0 unspecified atom stereocenters. The Morgan fingerprint density at radius 2 is 1.52 bits per heavy atom. The van der Waals surface area contributed by atoms with Gasteiger partial charge in [-0.1, -0.05) is 38.5 Å². The molecule has 8 nitrogen and oxygen atoms in total. The molecule has 0 aromatic heterocycles. The molecule has 0 aliphatic carbocycles. The van der Waals surface area contributed by atoms with Gasteiger partial charge in [0, 0.05) is 5.69 Å². The number of ether oxygens (including phenoxy) is 1. The average molecular weight is 435 g/mol. The fraction of sp³-hybridized carbons (Fsp3) is 0.609. The molecule has 172 valence electrons. The maximum absolute atomic E-state index is 12.5. The van der Waals surface area contributed by atoms with Crippen molar-refractivity contribution in [3.05, 3.63) is 29.3 Å². The minimum absolute atomic E-state index is 0.0167. The highest BCUT2D eigenvalue weighted by atomic mass is 16.5. The third kappa shape index (κ3) is 7.33. The van der Waals surface area contributed by atoms with Gasteiger partial charge in [0.15, 0.2) is 13.1 Å². The molecule has 0 bridgehead atoms. The first-order chi connectivity index (χ1) is 14.7. The van der Waals surface area contributed by atoms with Crippen LogP contribution in [0.1, 0.15) is 31.4 Å². The highest BCUT2D eigenvalue weighted by Crippen LogP contribution is 2.18. The van der Waals surface area contributed by atoms with Crippen LogP contribution in [0.4, 0.5) is 5.69 Å². The van der Waals surface area contributed by atoms with Crippen LogP contribution < -0.4 is 20.4 Å². The summed E-state index contributed by atoms with van der Waals surface area (Å²) in [4.78, 5) is 39.3. The lowest BCUT2D eigenvalue weighted by Gasteiger charge is -2.29. The van der Waals surface area contributed by atoms with Crippen molar-refractivity contribution < 1.29 is 28.9 Å². The molecule has 1 heterocycles. The second kappa shape index (κ2) is 11.8. The molecule has 31 heavy (non-hydrogen) atoms. The molecule has 1 aromatic carbocycles. The molecule has 2 amide bonds. The lowest BCUT2D eigenvalue weighted by atomic mass is 9.99. The predicted octanol–water partition coefficient (Wildman–Crippen LogP) is -1.27. The number of aryl methyl sites for hydroxylation is 2. The molecule has 1 fully saturated rings. The molecule has 0 radical (unpaired) electrons. The predicted molar refractivity (Wildman–Crippen MR) is 119 cm³/mol. The average Bonchev–Trinajstić information content (AvgIpc) is 2.75. The maximum Gasteiger partial charge on any atom is 0.328 e. The Balaban J connectivity index is 1.78. The number of hydrogen-bond donors (Lipinski definition) is 4. The van der Waals surface area contributed by atoms with Crippen molar-refractivity contribution in [1.29, 1.82) is 0 Å². The summed E-state index contributed by atoms with van der Waals surface area (Å²) < 4.78 is 4.83.